The van der Waals surface area contributed by atoms with E-state index in [0.717, 1.165) is 12.0 Å². The Balaban J connectivity index is 2.80. The number of esters is 1. The van der Waals surface area contributed by atoms with Gasteiger partial charge in [0, 0.05) is 5.57 Å². The van der Waals surface area contributed by atoms with Gasteiger partial charge in [-0.3, -0.25) is 0 Å². The van der Waals surface area contributed by atoms with Crippen LogP contribution in [0.1, 0.15) is 58.8 Å². The summed E-state index contributed by atoms with van der Waals surface area (Å²) in [5, 5.41) is 0. The minimum atomic E-state index is -0.135. The highest BCUT2D eigenvalue weighted by molar-refractivity contribution is 5.89. The lowest BCUT2D eigenvalue weighted by Gasteiger charge is -2.18. The molecule has 0 bridgehead atoms. The minimum absolute atomic E-state index is 0.135. The quantitative estimate of drug-likeness (QED) is 0.413. The lowest BCUT2D eigenvalue weighted by Crippen LogP contribution is -2.11. The first-order valence-electron chi connectivity index (χ1n) is 6.48. The molecule has 0 amide bonds. The molecule has 0 spiro atoms. The summed E-state index contributed by atoms with van der Waals surface area (Å²) in [6.07, 6.45) is 8.58. The zero-order valence-electron chi connectivity index (χ0n) is 10.8. The Morgan fingerprint density at radius 1 is 1.19 bits per heavy atom. The molecule has 0 aliphatic heterocycles. The fourth-order valence-corrected chi connectivity index (χ4v) is 2.67. The molecule has 0 unspecified atom stereocenters. The molecule has 0 aromatic rings. The number of carbonyl (C=O) groups excluding carboxylic acids is 1. The summed E-state index contributed by atoms with van der Waals surface area (Å²) in [7, 11) is 1.47. The molecule has 0 heterocycles. The van der Waals surface area contributed by atoms with Crippen molar-refractivity contribution in [3.05, 3.63) is 11.1 Å². The van der Waals surface area contributed by atoms with Crippen LogP contribution in [-0.4, -0.2) is 13.1 Å². The Bertz CT molecular complexity index is 258. The van der Waals surface area contributed by atoms with Crippen LogP contribution in [0.3, 0.4) is 0 Å². The third-order valence-corrected chi connectivity index (χ3v) is 3.73. The van der Waals surface area contributed by atoms with E-state index in [4.69, 9.17) is 4.74 Å². The van der Waals surface area contributed by atoms with Crippen molar-refractivity contribution in [3.63, 3.8) is 0 Å². The average molecular weight is 224 g/mol. The first kappa shape index (κ1) is 13.3. The molecule has 1 aliphatic carbocycles. The molecule has 1 aliphatic rings. The van der Waals surface area contributed by atoms with E-state index in [-0.39, 0.29) is 5.97 Å². The van der Waals surface area contributed by atoms with Gasteiger partial charge in [0.15, 0.2) is 0 Å². The highest BCUT2D eigenvalue weighted by atomic mass is 16.5. The molecule has 0 radical (unpaired) electrons. The van der Waals surface area contributed by atoms with Crippen molar-refractivity contribution in [3.8, 4) is 0 Å². The Hall–Kier alpha value is -0.790. The van der Waals surface area contributed by atoms with Crippen molar-refractivity contribution in [1.29, 1.82) is 0 Å². The number of hydrogen-bond acceptors (Lipinski definition) is 2. The van der Waals surface area contributed by atoms with Gasteiger partial charge in [0.2, 0.25) is 0 Å². The molecule has 0 N–H and O–H groups in total. The Morgan fingerprint density at radius 2 is 1.75 bits per heavy atom. The number of ether oxygens (including phenoxy) is 1. The van der Waals surface area contributed by atoms with Crippen LogP contribution in [0.2, 0.25) is 0 Å². The summed E-state index contributed by atoms with van der Waals surface area (Å²) in [6, 6.07) is 0. The van der Waals surface area contributed by atoms with Gasteiger partial charge in [0.05, 0.1) is 7.11 Å². The van der Waals surface area contributed by atoms with Crippen LogP contribution < -0.4 is 0 Å². The van der Waals surface area contributed by atoms with Crippen molar-refractivity contribution in [2.24, 2.45) is 5.92 Å². The van der Waals surface area contributed by atoms with Gasteiger partial charge in [-0.15, -0.1) is 0 Å². The maximum Gasteiger partial charge on any atom is 0.333 e. The maximum atomic E-state index is 11.6. The lowest BCUT2D eigenvalue weighted by atomic mass is 9.88. The Kier molecular flexibility index (Phi) is 5.58. The molecular weight excluding hydrogens is 200 g/mol. The topological polar surface area (TPSA) is 26.3 Å². The van der Waals surface area contributed by atoms with E-state index in [1.54, 1.807) is 0 Å². The molecule has 2 heteroatoms. The molecule has 2 nitrogen and oxygen atoms in total. The van der Waals surface area contributed by atoms with Crippen molar-refractivity contribution in [1.82, 2.24) is 0 Å². The monoisotopic (exact) mass is 224 g/mol. The summed E-state index contributed by atoms with van der Waals surface area (Å²) >= 11 is 0. The molecule has 0 atom stereocenters. The number of methoxy groups -OCH3 is 1. The summed E-state index contributed by atoms with van der Waals surface area (Å²) in [6.45, 7) is 4.15. The van der Waals surface area contributed by atoms with Crippen LogP contribution in [0.15, 0.2) is 11.1 Å². The van der Waals surface area contributed by atoms with Crippen LogP contribution in [0.4, 0.5) is 0 Å². The van der Waals surface area contributed by atoms with E-state index >= 15 is 0 Å². The maximum absolute atomic E-state index is 11.6. The predicted octanol–water partition coefficient (Wildman–Crippen LogP) is 3.86. The molecule has 0 aromatic carbocycles. The third-order valence-electron chi connectivity index (χ3n) is 3.73. The second kappa shape index (κ2) is 6.72. The van der Waals surface area contributed by atoms with Crippen LogP contribution in [-0.2, 0) is 9.53 Å². The molecular formula is C14H24O2. The molecule has 1 saturated carbocycles. The van der Waals surface area contributed by atoms with Crippen LogP contribution >= 0.6 is 0 Å². The minimum Gasteiger partial charge on any atom is -0.466 e. The van der Waals surface area contributed by atoms with E-state index in [1.165, 1.54) is 51.2 Å². The Labute approximate surface area is 99.1 Å². The zero-order chi connectivity index (χ0) is 12.0. The molecule has 0 saturated heterocycles. The summed E-state index contributed by atoms with van der Waals surface area (Å²) in [5.74, 6) is 0.473. The SMILES string of the molecule is CCC(C(=O)OC)=C(C)C1CCCCCC1. The van der Waals surface area contributed by atoms with Gasteiger partial charge in [0.25, 0.3) is 0 Å². The summed E-state index contributed by atoms with van der Waals surface area (Å²) < 4.78 is 4.85. The number of carbonyl (C=O) groups is 1. The predicted molar refractivity (Wildman–Crippen MR) is 66.2 cm³/mol. The van der Waals surface area contributed by atoms with Crippen LogP contribution in [0, 0.1) is 5.92 Å². The summed E-state index contributed by atoms with van der Waals surface area (Å²) in [5.41, 5.74) is 2.17. The molecule has 1 fully saturated rings. The highest BCUT2D eigenvalue weighted by Crippen LogP contribution is 2.31. The van der Waals surface area contributed by atoms with Gasteiger partial charge in [0.1, 0.15) is 0 Å². The lowest BCUT2D eigenvalue weighted by molar-refractivity contribution is -0.136. The number of hydrogen-bond donors (Lipinski definition) is 0. The third kappa shape index (κ3) is 3.36. The van der Waals surface area contributed by atoms with Gasteiger partial charge in [-0.05, 0) is 32.1 Å². The largest absolute Gasteiger partial charge is 0.466 e. The second-order valence-corrected chi connectivity index (χ2v) is 4.70. The van der Waals surface area contributed by atoms with Crippen molar-refractivity contribution >= 4 is 5.97 Å². The highest BCUT2D eigenvalue weighted by Gasteiger charge is 2.19. The van der Waals surface area contributed by atoms with Crippen LogP contribution in [0.5, 0.6) is 0 Å². The van der Waals surface area contributed by atoms with E-state index in [0.29, 0.717) is 5.92 Å². The number of allylic oxidation sites excluding steroid dienone is 1. The van der Waals surface area contributed by atoms with E-state index in [1.807, 2.05) is 6.92 Å². The molecule has 1 rings (SSSR count). The fourth-order valence-electron chi connectivity index (χ4n) is 2.67. The summed E-state index contributed by atoms with van der Waals surface area (Å²) in [4.78, 5) is 11.6. The standard InChI is InChI=1S/C14H24O2/c1-4-13(14(15)16-3)11(2)12-9-7-5-6-8-10-12/h12H,4-10H2,1-3H3. The van der Waals surface area contributed by atoms with Gasteiger partial charge >= 0.3 is 5.97 Å². The first-order valence-corrected chi connectivity index (χ1v) is 6.48. The van der Waals surface area contributed by atoms with Gasteiger partial charge in [-0.1, -0.05) is 38.2 Å². The number of rotatable bonds is 3. The van der Waals surface area contributed by atoms with Gasteiger partial charge in [-0.25, -0.2) is 4.79 Å². The van der Waals surface area contributed by atoms with Crippen molar-refractivity contribution in [2.45, 2.75) is 58.8 Å². The van der Waals surface area contributed by atoms with Gasteiger partial charge in [-0.2, -0.15) is 0 Å². The van der Waals surface area contributed by atoms with E-state index in [2.05, 4.69) is 6.92 Å². The molecule has 92 valence electrons. The van der Waals surface area contributed by atoms with Crippen molar-refractivity contribution < 1.29 is 9.53 Å². The second-order valence-electron chi connectivity index (χ2n) is 4.70. The van der Waals surface area contributed by atoms with E-state index < -0.39 is 0 Å². The smallest absolute Gasteiger partial charge is 0.333 e. The first-order chi connectivity index (χ1) is 7.70. The fraction of sp³-hybridized carbons (Fsp3) is 0.786. The van der Waals surface area contributed by atoms with E-state index in [9.17, 15) is 4.79 Å². The normalized spacial score (nSPS) is 19.9. The molecule has 0 aromatic heterocycles. The van der Waals surface area contributed by atoms with Crippen molar-refractivity contribution in [2.75, 3.05) is 7.11 Å². The van der Waals surface area contributed by atoms with Gasteiger partial charge < -0.3 is 4.74 Å². The zero-order valence-corrected chi connectivity index (χ0v) is 10.8. The van der Waals surface area contributed by atoms with Crippen LogP contribution in [0.25, 0.3) is 0 Å². The Morgan fingerprint density at radius 3 is 2.19 bits per heavy atom. The molecule has 16 heavy (non-hydrogen) atoms. The average Bonchev–Trinajstić information content (AvgIpc) is 2.58.